The predicted octanol–water partition coefficient (Wildman–Crippen LogP) is 1.39. The van der Waals surface area contributed by atoms with Crippen LogP contribution in [0.25, 0.3) is 10.9 Å². The van der Waals surface area contributed by atoms with Gasteiger partial charge in [-0.1, -0.05) is 18.2 Å². The Labute approximate surface area is 135 Å². The summed E-state index contributed by atoms with van der Waals surface area (Å²) in [6, 6.07) is 9.13. The molecule has 22 heavy (non-hydrogen) atoms. The van der Waals surface area contributed by atoms with Crippen molar-refractivity contribution in [2.45, 2.75) is 13.0 Å². The number of nitrogens with zero attached hydrogens (tertiary/aromatic N) is 2. The van der Waals surface area contributed by atoms with E-state index in [2.05, 4.69) is 5.32 Å². The zero-order valence-corrected chi connectivity index (χ0v) is 13.5. The van der Waals surface area contributed by atoms with Crippen molar-refractivity contribution in [3.05, 3.63) is 46.2 Å². The predicted molar refractivity (Wildman–Crippen MR) is 89.8 cm³/mol. The smallest absolute Gasteiger partial charge is 0.255 e. The van der Waals surface area contributed by atoms with Crippen molar-refractivity contribution < 1.29 is 4.79 Å². The zero-order valence-electron chi connectivity index (χ0n) is 12.7. The van der Waals surface area contributed by atoms with Gasteiger partial charge in [0.05, 0.1) is 11.1 Å². The van der Waals surface area contributed by atoms with Crippen LogP contribution in [0, 0.1) is 0 Å². The molecule has 1 aliphatic heterocycles. The van der Waals surface area contributed by atoms with Crippen LogP contribution in [-0.4, -0.2) is 41.1 Å². The number of fused-ring (bicyclic) bond motifs is 1. The summed E-state index contributed by atoms with van der Waals surface area (Å²) in [6.07, 6.45) is 0. The highest BCUT2D eigenvalue weighted by atomic mass is 35.5. The Morgan fingerprint density at radius 3 is 2.77 bits per heavy atom. The summed E-state index contributed by atoms with van der Waals surface area (Å²) in [5.74, 6) is -0.0575. The molecule has 6 heteroatoms. The van der Waals surface area contributed by atoms with E-state index in [4.69, 9.17) is 0 Å². The van der Waals surface area contributed by atoms with Crippen molar-refractivity contribution in [2.24, 2.45) is 7.05 Å². The van der Waals surface area contributed by atoms with Crippen LogP contribution in [0.15, 0.2) is 35.1 Å². The van der Waals surface area contributed by atoms with E-state index < -0.39 is 0 Å². The molecule has 2 aromatic rings. The second kappa shape index (κ2) is 6.50. The number of piperazine rings is 1. The number of rotatable bonds is 1. The van der Waals surface area contributed by atoms with Gasteiger partial charge in [0.15, 0.2) is 0 Å². The van der Waals surface area contributed by atoms with Gasteiger partial charge in [0.2, 0.25) is 0 Å². The molecule has 0 spiro atoms. The monoisotopic (exact) mass is 321 g/mol. The Hall–Kier alpha value is -1.85. The SMILES string of the molecule is C[C@@H]1CNCCN1C(=O)c1cc(=O)n(C)c2ccccc12.Cl. The molecule has 0 bridgehead atoms. The Morgan fingerprint density at radius 2 is 2.05 bits per heavy atom. The van der Waals surface area contributed by atoms with Crippen molar-refractivity contribution in [3.8, 4) is 0 Å². The van der Waals surface area contributed by atoms with Crippen LogP contribution < -0.4 is 10.9 Å². The summed E-state index contributed by atoms with van der Waals surface area (Å²) >= 11 is 0. The first-order valence-electron chi connectivity index (χ1n) is 7.20. The second-order valence-corrected chi connectivity index (χ2v) is 5.52. The molecule has 3 rings (SSSR count). The largest absolute Gasteiger partial charge is 0.333 e. The number of pyridine rings is 1. The average molecular weight is 322 g/mol. The lowest BCUT2D eigenvalue weighted by atomic mass is 10.1. The van der Waals surface area contributed by atoms with Gasteiger partial charge >= 0.3 is 0 Å². The number of carbonyl (C=O) groups is 1. The van der Waals surface area contributed by atoms with E-state index in [1.165, 1.54) is 6.07 Å². The van der Waals surface area contributed by atoms with Crippen LogP contribution >= 0.6 is 12.4 Å². The molecule has 0 aliphatic carbocycles. The number of aromatic nitrogens is 1. The molecule has 1 aromatic carbocycles. The molecule has 2 heterocycles. The summed E-state index contributed by atoms with van der Waals surface area (Å²) < 4.78 is 1.58. The van der Waals surface area contributed by atoms with Crippen molar-refractivity contribution in [1.29, 1.82) is 0 Å². The van der Waals surface area contributed by atoms with Crippen molar-refractivity contribution in [1.82, 2.24) is 14.8 Å². The number of halogens is 1. The highest BCUT2D eigenvalue weighted by molar-refractivity contribution is 6.06. The molecular formula is C16H20ClN3O2. The van der Waals surface area contributed by atoms with Crippen molar-refractivity contribution in [3.63, 3.8) is 0 Å². The van der Waals surface area contributed by atoms with Gasteiger partial charge in [-0.2, -0.15) is 0 Å². The van der Waals surface area contributed by atoms with E-state index in [1.54, 1.807) is 11.6 Å². The third-order valence-corrected chi connectivity index (χ3v) is 4.15. The third kappa shape index (κ3) is 2.74. The van der Waals surface area contributed by atoms with E-state index in [0.29, 0.717) is 12.1 Å². The van der Waals surface area contributed by atoms with Gasteiger partial charge in [-0.25, -0.2) is 0 Å². The van der Waals surface area contributed by atoms with Crippen LogP contribution in [0.5, 0.6) is 0 Å². The Kier molecular flexibility index (Phi) is 4.88. The standard InChI is InChI=1S/C16H19N3O2.ClH/c1-11-10-17-7-8-19(11)16(21)13-9-15(20)18(2)14-6-4-3-5-12(13)14;/h3-6,9,11,17H,7-8,10H2,1-2H3;1H/t11-;/m1./s1. The molecule has 1 fully saturated rings. The molecule has 1 atom stereocenters. The molecule has 5 nitrogen and oxygen atoms in total. The number of hydrogen-bond acceptors (Lipinski definition) is 3. The van der Waals surface area contributed by atoms with E-state index >= 15 is 0 Å². The fraction of sp³-hybridized carbons (Fsp3) is 0.375. The van der Waals surface area contributed by atoms with E-state index in [0.717, 1.165) is 24.0 Å². The first-order valence-corrected chi connectivity index (χ1v) is 7.20. The molecular weight excluding hydrogens is 302 g/mol. The number of nitrogens with one attached hydrogen (secondary N) is 1. The number of para-hydroxylation sites is 1. The molecule has 0 radical (unpaired) electrons. The van der Waals surface area contributed by atoms with Crippen LogP contribution in [0.1, 0.15) is 17.3 Å². The lowest BCUT2D eigenvalue weighted by Crippen LogP contribution is -2.52. The maximum Gasteiger partial charge on any atom is 0.255 e. The Balaban J connectivity index is 0.00000176. The van der Waals surface area contributed by atoms with Gasteiger partial charge in [-0.15, -0.1) is 12.4 Å². The van der Waals surface area contributed by atoms with E-state index in [1.807, 2.05) is 36.1 Å². The second-order valence-electron chi connectivity index (χ2n) is 5.52. The van der Waals surface area contributed by atoms with Crippen molar-refractivity contribution >= 4 is 29.2 Å². The number of carbonyl (C=O) groups excluding carboxylic acids is 1. The average Bonchev–Trinajstić information content (AvgIpc) is 2.51. The molecule has 1 aliphatic rings. The minimum Gasteiger partial charge on any atom is -0.333 e. The molecule has 1 saturated heterocycles. The van der Waals surface area contributed by atoms with Crippen molar-refractivity contribution in [2.75, 3.05) is 19.6 Å². The molecule has 118 valence electrons. The van der Waals surface area contributed by atoms with Crippen LogP contribution in [0.3, 0.4) is 0 Å². The molecule has 1 aromatic heterocycles. The summed E-state index contributed by atoms with van der Waals surface area (Å²) in [7, 11) is 1.73. The van der Waals surface area contributed by atoms with Gasteiger partial charge in [-0.05, 0) is 13.0 Å². The lowest BCUT2D eigenvalue weighted by molar-refractivity contribution is 0.0657. The minimum atomic E-state index is -0.153. The van der Waals surface area contributed by atoms with Gasteiger partial charge < -0.3 is 14.8 Å². The van der Waals surface area contributed by atoms with Gasteiger partial charge in [0, 0.05) is 44.2 Å². The lowest BCUT2D eigenvalue weighted by Gasteiger charge is -2.34. The molecule has 0 saturated carbocycles. The minimum absolute atomic E-state index is 0. The summed E-state index contributed by atoms with van der Waals surface area (Å²) in [5, 5.41) is 4.10. The van der Waals surface area contributed by atoms with Gasteiger partial charge in [0.1, 0.15) is 0 Å². The molecule has 1 amide bonds. The number of aryl methyl sites for hydroxylation is 1. The van der Waals surface area contributed by atoms with Crippen LogP contribution in [-0.2, 0) is 7.05 Å². The van der Waals surface area contributed by atoms with Gasteiger partial charge in [0.25, 0.3) is 11.5 Å². The van der Waals surface area contributed by atoms with Crippen LogP contribution in [0.2, 0.25) is 0 Å². The van der Waals surface area contributed by atoms with Crippen LogP contribution in [0.4, 0.5) is 0 Å². The number of amides is 1. The number of hydrogen-bond donors (Lipinski definition) is 1. The van der Waals surface area contributed by atoms with Gasteiger partial charge in [-0.3, -0.25) is 9.59 Å². The Morgan fingerprint density at radius 1 is 1.32 bits per heavy atom. The fourth-order valence-electron chi connectivity index (χ4n) is 2.89. The zero-order chi connectivity index (χ0) is 15.0. The van der Waals surface area contributed by atoms with E-state index in [9.17, 15) is 9.59 Å². The molecule has 1 N–H and O–H groups in total. The fourth-order valence-corrected chi connectivity index (χ4v) is 2.89. The highest BCUT2D eigenvalue weighted by Crippen LogP contribution is 2.19. The first-order chi connectivity index (χ1) is 10.1. The first kappa shape index (κ1) is 16.5. The topological polar surface area (TPSA) is 54.3 Å². The highest BCUT2D eigenvalue weighted by Gasteiger charge is 2.25. The normalized spacial score (nSPS) is 18.1. The molecule has 0 unspecified atom stereocenters. The summed E-state index contributed by atoms with van der Waals surface area (Å²) in [6.45, 7) is 4.27. The number of benzene rings is 1. The van der Waals surface area contributed by atoms with E-state index in [-0.39, 0.29) is 29.9 Å². The Bertz CT molecular complexity index is 757. The maximum atomic E-state index is 12.8. The summed E-state index contributed by atoms with van der Waals surface area (Å²) in [4.78, 5) is 26.8. The summed E-state index contributed by atoms with van der Waals surface area (Å²) in [5.41, 5.74) is 1.14. The maximum absolute atomic E-state index is 12.8. The quantitative estimate of drug-likeness (QED) is 0.863. The third-order valence-electron chi connectivity index (χ3n) is 4.15.